The van der Waals surface area contributed by atoms with E-state index in [9.17, 15) is 9.90 Å². The van der Waals surface area contributed by atoms with Crippen LogP contribution in [-0.2, 0) is 25.7 Å². The fourth-order valence-corrected chi connectivity index (χ4v) is 4.38. The molecule has 3 rings (SSSR count). The zero-order valence-corrected chi connectivity index (χ0v) is 22.2. The fourth-order valence-electron chi connectivity index (χ4n) is 4.38. The highest BCUT2D eigenvalue weighted by atomic mass is 16.5. The van der Waals surface area contributed by atoms with Gasteiger partial charge < -0.3 is 33.5 Å². The second kappa shape index (κ2) is 12.8. The SMILES string of the molecule is COc1cc(CCc2ccc(C(=O)O)c(OC)c2)c(OC)c(CCc2cc(OC)c(OC)c(OC)c2)c1. The van der Waals surface area contributed by atoms with Crippen LogP contribution < -0.4 is 28.4 Å². The molecule has 0 unspecified atom stereocenters. The molecule has 8 heteroatoms. The lowest BCUT2D eigenvalue weighted by Gasteiger charge is -2.17. The van der Waals surface area contributed by atoms with Crippen molar-refractivity contribution in [3.63, 3.8) is 0 Å². The molecule has 0 heterocycles. The lowest BCUT2D eigenvalue weighted by atomic mass is 9.96. The smallest absolute Gasteiger partial charge is 0.339 e. The van der Waals surface area contributed by atoms with Gasteiger partial charge in [-0.1, -0.05) is 6.07 Å². The third-order valence-electron chi connectivity index (χ3n) is 6.24. The Morgan fingerprint density at radius 3 is 1.57 bits per heavy atom. The van der Waals surface area contributed by atoms with Gasteiger partial charge in [0.05, 0.1) is 42.7 Å². The Kier molecular flexibility index (Phi) is 9.49. The maximum Gasteiger partial charge on any atom is 0.339 e. The molecular formula is C29H34O8. The van der Waals surface area contributed by atoms with Crippen molar-refractivity contribution in [3.8, 4) is 34.5 Å². The summed E-state index contributed by atoms with van der Waals surface area (Å²) in [6.45, 7) is 0. The average molecular weight is 511 g/mol. The van der Waals surface area contributed by atoms with E-state index in [0.29, 0.717) is 48.7 Å². The van der Waals surface area contributed by atoms with Crippen LogP contribution >= 0.6 is 0 Å². The van der Waals surface area contributed by atoms with E-state index in [2.05, 4.69) is 0 Å². The topological polar surface area (TPSA) is 92.7 Å². The number of aromatic carboxylic acids is 1. The lowest BCUT2D eigenvalue weighted by Crippen LogP contribution is -2.04. The van der Waals surface area contributed by atoms with Crippen LogP contribution in [0.15, 0.2) is 42.5 Å². The van der Waals surface area contributed by atoms with Gasteiger partial charge in [0.25, 0.3) is 0 Å². The second-order valence-electron chi connectivity index (χ2n) is 8.35. The molecule has 3 aromatic rings. The Balaban J connectivity index is 1.86. The Hall–Kier alpha value is -4.07. The van der Waals surface area contributed by atoms with Crippen LogP contribution in [0.1, 0.15) is 32.6 Å². The number of methoxy groups -OCH3 is 6. The number of rotatable bonds is 13. The third kappa shape index (κ3) is 6.39. The first-order valence-electron chi connectivity index (χ1n) is 11.8. The summed E-state index contributed by atoms with van der Waals surface area (Å²) in [5.74, 6) is 2.65. The molecule has 3 aromatic carbocycles. The van der Waals surface area contributed by atoms with Crippen LogP contribution in [0.4, 0.5) is 0 Å². The van der Waals surface area contributed by atoms with Crippen molar-refractivity contribution in [2.75, 3.05) is 42.7 Å². The zero-order chi connectivity index (χ0) is 26.9. The van der Waals surface area contributed by atoms with E-state index in [1.165, 1.54) is 7.11 Å². The van der Waals surface area contributed by atoms with Crippen molar-refractivity contribution in [3.05, 3.63) is 70.3 Å². The van der Waals surface area contributed by atoms with E-state index >= 15 is 0 Å². The zero-order valence-electron chi connectivity index (χ0n) is 22.2. The number of carbonyl (C=O) groups is 1. The van der Waals surface area contributed by atoms with Crippen LogP contribution in [0.5, 0.6) is 34.5 Å². The van der Waals surface area contributed by atoms with E-state index in [1.54, 1.807) is 47.7 Å². The number of aryl methyl sites for hydroxylation is 4. The Bertz CT molecular complexity index is 1210. The molecule has 0 aromatic heterocycles. The summed E-state index contributed by atoms with van der Waals surface area (Å²) >= 11 is 0. The van der Waals surface area contributed by atoms with Crippen molar-refractivity contribution < 1.29 is 38.3 Å². The van der Waals surface area contributed by atoms with Crippen molar-refractivity contribution >= 4 is 5.97 Å². The van der Waals surface area contributed by atoms with Gasteiger partial charge in [-0.15, -0.1) is 0 Å². The summed E-state index contributed by atoms with van der Waals surface area (Å²) in [5, 5.41) is 9.34. The molecule has 0 atom stereocenters. The molecule has 0 radical (unpaired) electrons. The molecule has 0 saturated carbocycles. The van der Waals surface area contributed by atoms with Crippen LogP contribution in [0.2, 0.25) is 0 Å². The maximum absolute atomic E-state index is 11.4. The standard InChI is InChI=1S/C29H34O8/c1-32-22-16-20(10-7-18-9-12-23(29(30)31)24(13-18)33-2)27(36-5)21(17-22)11-8-19-14-25(34-3)28(37-6)26(15-19)35-4/h9,12-17H,7-8,10-11H2,1-6H3,(H,30,31). The van der Waals surface area contributed by atoms with Gasteiger partial charge in [-0.3, -0.25) is 0 Å². The molecule has 198 valence electrons. The summed E-state index contributed by atoms with van der Waals surface area (Å²) in [5.41, 5.74) is 4.16. The van der Waals surface area contributed by atoms with Gasteiger partial charge in [-0.25, -0.2) is 4.79 Å². The maximum atomic E-state index is 11.4. The van der Waals surface area contributed by atoms with E-state index in [1.807, 2.05) is 30.3 Å². The first-order valence-corrected chi connectivity index (χ1v) is 11.8. The second-order valence-corrected chi connectivity index (χ2v) is 8.35. The monoisotopic (exact) mass is 510 g/mol. The minimum Gasteiger partial charge on any atom is -0.497 e. The van der Waals surface area contributed by atoms with Gasteiger partial charge >= 0.3 is 5.97 Å². The first kappa shape index (κ1) is 27.5. The molecule has 0 aliphatic heterocycles. The largest absolute Gasteiger partial charge is 0.497 e. The number of hydrogen-bond donors (Lipinski definition) is 1. The Morgan fingerprint density at radius 2 is 1.11 bits per heavy atom. The molecule has 1 N–H and O–H groups in total. The highest BCUT2D eigenvalue weighted by Crippen LogP contribution is 2.39. The molecule has 0 spiro atoms. The molecule has 0 aliphatic rings. The van der Waals surface area contributed by atoms with Crippen molar-refractivity contribution in [2.45, 2.75) is 25.7 Å². The van der Waals surface area contributed by atoms with Gasteiger partial charge in [0.2, 0.25) is 5.75 Å². The normalized spacial score (nSPS) is 10.5. The molecule has 0 aliphatic carbocycles. The number of carboxylic acid groups (broad SMARTS) is 1. The number of hydrogen-bond acceptors (Lipinski definition) is 7. The summed E-state index contributed by atoms with van der Waals surface area (Å²) < 4.78 is 33.1. The minimum atomic E-state index is -1.02. The number of ether oxygens (including phenoxy) is 6. The van der Waals surface area contributed by atoms with Crippen LogP contribution in [0.3, 0.4) is 0 Å². The molecule has 0 amide bonds. The van der Waals surface area contributed by atoms with E-state index < -0.39 is 5.97 Å². The molecule has 0 fully saturated rings. The highest BCUT2D eigenvalue weighted by Gasteiger charge is 2.17. The number of carboxylic acids is 1. The van der Waals surface area contributed by atoms with Gasteiger partial charge in [0.15, 0.2) is 11.5 Å². The van der Waals surface area contributed by atoms with Crippen molar-refractivity contribution in [1.29, 1.82) is 0 Å². The molecule has 0 bridgehead atoms. The molecule has 0 saturated heterocycles. The van der Waals surface area contributed by atoms with Gasteiger partial charge in [-0.05, 0) is 84.3 Å². The molecule has 8 nitrogen and oxygen atoms in total. The third-order valence-corrected chi connectivity index (χ3v) is 6.24. The average Bonchev–Trinajstić information content (AvgIpc) is 2.93. The summed E-state index contributed by atoms with van der Waals surface area (Å²) in [4.78, 5) is 11.4. The van der Waals surface area contributed by atoms with Crippen LogP contribution in [0.25, 0.3) is 0 Å². The Morgan fingerprint density at radius 1 is 0.595 bits per heavy atom. The van der Waals surface area contributed by atoms with Gasteiger partial charge in [0, 0.05) is 0 Å². The fraction of sp³-hybridized carbons (Fsp3) is 0.345. The molecule has 37 heavy (non-hydrogen) atoms. The van der Waals surface area contributed by atoms with Crippen LogP contribution in [0, 0.1) is 0 Å². The first-order chi connectivity index (χ1) is 17.9. The minimum absolute atomic E-state index is 0.138. The van der Waals surface area contributed by atoms with Crippen molar-refractivity contribution in [1.82, 2.24) is 0 Å². The summed E-state index contributed by atoms with van der Waals surface area (Å²) in [7, 11) is 9.56. The molecular weight excluding hydrogens is 476 g/mol. The van der Waals surface area contributed by atoms with E-state index in [-0.39, 0.29) is 5.56 Å². The Labute approximate surface area is 217 Å². The highest BCUT2D eigenvalue weighted by molar-refractivity contribution is 5.91. The van der Waals surface area contributed by atoms with Crippen molar-refractivity contribution in [2.24, 2.45) is 0 Å². The predicted molar refractivity (Wildman–Crippen MR) is 140 cm³/mol. The quantitative estimate of drug-likeness (QED) is 0.343. The van der Waals surface area contributed by atoms with E-state index in [0.717, 1.165) is 33.8 Å². The number of benzene rings is 3. The lowest BCUT2D eigenvalue weighted by molar-refractivity contribution is 0.0693. The van der Waals surface area contributed by atoms with Crippen LogP contribution in [-0.4, -0.2) is 53.7 Å². The van der Waals surface area contributed by atoms with Gasteiger partial charge in [-0.2, -0.15) is 0 Å². The summed E-state index contributed by atoms with van der Waals surface area (Å²) in [6.07, 6.45) is 2.76. The predicted octanol–water partition coefficient (Wildman–Crippen LogP) is 5.01. The summed E-state index contributed by atoms with van der Waals surface area (Å²) in [6, 6.07) is 13.0. The van der Waals surface area contributed by atoms with E-state index in [4.69, 9.17) is 28.4 Å². The van der Waals surface area contributed by atoms with Gasteiger partial charge in [0.1, 0.15) is 22.8 Å².